The molecule has 5 nitrogen and oxygen atoms in total. The summed E-state index contributed by atoms with van der Waals surface area (Å²) >= 11 is 0. The molecule has 1 fully saturated rings. The molecule has 0 saturated carbocycles. The quantitative estimate of drug-likeness (QED) is 0.567. The summed E-state index contributed by atoms with van der Waals surface area (Å²) in [6.45, 7) is 3.25. The Balaban J connectivity index is 2.04. The second-order valence-corrected chi connectivity index (χ2v) is 2.36. The van der Waals surface area contributed by atoms with Gasteiger partial charge in [-0.25, -0.2) is 0 Å². The Hall–Kier alpha value is -1.10. The molecule has 0 N–H and O–H groups in total. The molecule has 60 valence electrons. The molecular weight excluding hydrogens is 146 g/mol. The zero-order valence-corrected chi connectivity index (χ0v) is 6.06. The minimum atomic E-state index is 0.757. The van der Waals surface area contributed by atoms with Gasteiger partial charge >= 0.3 is 0 Å². The highest BCUT2D eigenvalue weighted by molar-refractivity contribution is 5.33. The molecule has 1 aromatic rings. The highest BCUT2D eigenvalue weighted by Crippen LogP contribution is 2.09. The van der Waals surface area contributed by atoms with Gasteiger partial charge in [-0.15, -0.1) is 0 Å². The fourth-order valence-electron chi connectivity index (χ4n) is 1.09. The molecule has 1 aliphatic rings. The second kappa shape index (κ2) is 2.87. The lowest BCUT2D eigenvalue weighted by atomic mass is 10.4. The zero-order chi connectivity index (χ0) is 7.52. The molecule has 0 atom stereocenters. The smallest absolute Gasteiger partial charge is 0.193 e. The maximum atomic E-state index is 5.18. The first kappa shape index (κ1) is 6.60. The molecule has 0 aromatic carbocycles. The molecule has 2 heterocycles. The van der Waals surface area contributed by atoms with Gasteiger partial charge < -0.3 is 14.2 Å². The Morgan fingerprint density at radius 3 is 2.82 bits per heavy atom. The van der Waals surface area contributed by atoms with E-state index in [4.69, 9.17) is 4.74 Å². The number of anilines is 1. The molecule has 0 amide bonds. The van der Waals surface area contributed by atoms with Crippen molar-refractivity contribution in [3.8, 4) is 0 Å². The van der Waals surface area contributed by atoms with Crippen LogP contribution in [0, 0.1) is 0 Å². The molecule has 11 heavy (non-hydrogen) atoms. The van der Waals surface area contributed by atoms with Crippen molar-refractivity contribution in [2.75, 3.05) is 31.2 Å². The van der Waals surface area contributed by atoms with Crippen LogP contribution in [0.25, 0.3) is 0 Å². The van der Waals surface area contributed by atoms with Crippen LogP contribution in [0.2, 0.25) is 0 Å². The first-order valence-electron chi connectivity index (χ1n) is 3.56. The van der Waals surface area contributed by atoms with Crippen molar-refractivity contribution in [2.45, 2.75) is 0 Å². The third kappa shape index (κ3) is 1.32. The monoisotopic (exact) mass is 155 g/mol. The molecule has 0 unspecified atom stereocenters. The third-order valence-corrected chi connectivity index (χ3v) is 1.68. The van der Waals surface area contributed by atoms with Crippen LogP contribution >= 0.6 is 0 Å². The van der Waals surface area contributed by atoms with Crippen molar-refractivity contribution < 1.29 is 9.26 Å². The average Bonchev–Trinajstić information content (AvgIpc) is 2.58. The summed E-state index contributed by atoms with van der Waals surface area (Å²) in [5.74, 6) is 0.799. The molecule has 1 aliphatic heterocycles. The van der Waals surface area contributed by atoms with Crippen molar-refractivity contribution in [2.24, 2.45) is 0 Å². The van der Waals surface area contributed by atoms with Crippen molar-refractivity contribution in [1.29, 1.82) is 0 Å². The van der Waals surface area contributed by atoms with Crippen LogP contribution in [-0.2, 0) is 4.74 Å². The van der Waals surface area contributed by atoms with Crippen molar-refractivity contribution in [3.63, 3.8) is 0 Å². The minimum Gasteiger partial charge on any atom is -0.378 e. The standard InChI is InChI=1S/C6H9N3O2/c1-3-10-4-2-9(1)6-5-11-8-7-6/h5H,1-4H2. The molecule has 1 aromatic heterocycles. The molecule has 0 bridgehead atoms. The lowest BCUT2D eigenvalue weighted by molar-refractivity contribution is 0.122. The summed E-state index contributed by atoms with van der Waals surface area (Å²) in [5.41, 5.74) is 0. The van der Waals surface area contributed by atoms with E-state index in [1.54, 1.807) is 6.26 Å². The van der Waals surface area contributed by atoms with Gasteiger partial charge in [0.25, 0.3) is 0 Å². The average molecular weight is 155 g/mol. The number of hydrogen-bond acceptors (Lipinski definition) is 5. The van der Waals surface area contributed by atoms with Gasteiger partial charge in [0, 0.05) is 18.4 Å². The first-order valence-corrected chi connectivity index (χ1v) is 3.56. The van der Waals surface area contributed by atoms with Crippen LogP contribution in [0.1, 0.15) is 0 Å². The topological polar surface area (TPSA) is 51.4 Å². The Labute approximate surface area is 63.9 Å². The molecule has 1 saturated heterocycles. The number of rotatable bonds is 1. The number of nitrogens with zero attached hydrogens (tertiary/aromatic N) is 3. The van der Waals surface area contributed by atoms with Gasteiger partial charge in [0.15, 0.2) is 12.1 Å². The molecule has 2 rings (SSSR count). The molecular formula is C6H9N3O2. The highest BCUT2D eigenvalue weighted by atomic mass is 16.5. The van der Waals surface area contributed by atoms with Crippen LogP contribution in [0.5, 0.6) is 0 Å². The summed E-state index contributed by atoms with van der Waals surface area (Å²) in [6, 6.07) is 0. The number of hydrogen-bond donors (Lipinski definition) is 0. The first-order chi connectivity index (χ1) is 5.47. The molecule has 5 heteroatoms. The van der Waals surface area contributed by atoms with Crippen molar-refractivity contribution in [1.82, 2.24) is 10.4 Å². The van der Waals surface area contributed by atoms with Gasteiger partial charge in [0.05, 0.1) is 13.2 Å². The van der Waals surface area contributed by atoms with Gasteiger partial charge in [-0.2, -0.15) is 0 Å². The molecule has 0 radical (unpaired) electrons. The summed E-state index contributed by atoms with van der Waals surface area (Å²) < 4.78 is 9.80. The maximum absolute atomic E-state index is 5.18. The van der Waals surface area contributed by atoms with E-state index in [0.29, 0.717) is 0 Å². The van der Waals surface area contributed by atoms with E-state index in [9.17, 15) is 0 Å². The van der Waals surface area contributed by atoms with E-state index in [0.717, 1.165) is 32.1 Å². The van der Waals surface area contributed by atoms with Crippen LogP contribution in [0.15, 0.2) is 10.8 Å². The predicted molar refractivity (Wildman–Crippen MR) is 37.3 cm³/mol. The highest BCUT2D eigenvalue weighted by Gasteiger charge is 2.13. The maximum Gasteiger partial charge on any atom is 0.193 e. The van der Waals surface area contributed by atoms with Gasteiger partial charge in [-0.3, -0.25) is 0 Å². The Morgan fingerprint density at radius 1 is 1.36 bits per heavy atom. The summed E-state index contributed by atoms with van der Waals surface area (Å²) in [5, 5.41) is 7.18. The summed E-state index contributed by atoms with van der Waals surface area (Å²) in [7, 11) is 0. The van der Waals surface area contributed by atoms with Crippen molar-refractivity contribution in [3.05, 3.63) is 6.26 Å². The summed E-state index contributed by atoms with van der Waals surface area (Å²) in [6.07, 6.45) is 1.55. The molecule has 0 aliphatic carbocycles. The van der Waals surface area contributed by atoms with E-state index < -0.39 is 0 Å². The van der Waals surface area contributed by atoms with Crippen LogP contribution in [0.4, 0.5) is 5.82 Å². The van der Waals surface area contributed by atoms with E-state index in [1.165, 1.54) is 0 Å². The molecule has 0 spiro atoms. The van der Waals surface area contributed by atoms with Gasteiger partial charge in [-0.1, -0.05) is 5.10 Å². The van der Waals surface area contributed by atoms with E-state index in [1.807, 2.05) is 0 Å². The fourth-order valence-corrected chi connectivity index (χ4v) is 1.09. The number of aromatic nitrogens is 2. The largest absolute Gasteiger partial charge is 0.378 e. The zero-order valence-electron chi connectivity index (χ0n) is 6.06. The van der Waals surface area contributed by atoms with E-state index in [2.05, 4.69) is 19.8 Å². The summed E-state index contributed by atoms with van der Waals surface area (Å²) in [4.78, 5) is 2.08. The van der Waals surface area contributed by atoms with Crippen LogP contribution in [-0.4, -0.2) is 36.7 Å². The lowest BCUT2D eigenvalue weighted by Crippen LogP contribution is -2.36. The number of morpholine rings is 1. The van der Waals surface area contributed by atoms with E-state index >= 15 is 0 Å². The van der Waals surface area contributed by atoms with E-state index in [-0.39, 0.29) is 0 Å². The van der Waals surface area contributed by atoms with Gasteiger partial charge in [0.1, 0.15) is 0 Å². The fraction of sp³-hybridized carbons (Fsp3) is 0.667. The van der Waals surface area contributed by atoms with Gasteiger partial charge in [-0.05, 0) is 0 Å². The lowest BCUT2D eigenvalue weighted by Gasteiger charge is -2.25. The minimum absolute atomic E-state index is 0.757. The predicted octanol–water partition coefficient (Wildman–Crippen LogP) is -0.0938. The van der Waals surface area contributed by atoms with Crippen LogP contribution < -0.4 is 4.90 Å². The Morgan fingerprint density at radius 2 is 2.18 bits per heavy atom. The van der Waals surface area contributed by atoms with Gasteiger partial charge in [0.2, 0.25) is 0 Å². The Bertz CT molecular complexity index is 206. The number of ether oxygens (including phenoxy) is 1. The third-order valence-electron chi connectivity index (χ3n) is 1.68. The van der Waals surface area contributed by atoms with Crippen molar-refractivity contribution >= 4 is 5.82 Å². The Kier molecular flexibility index (Phi) is 1.72. The second-order valence-electron chi connectivity index (χ2n) is 2.36. The SMILES string of the molecule is c1onnc1N1CCOCC1. The normalized spacial score (nSPS) is 18.7. The van der Waals surface area contributed by atoms with Crippen LogP contribution in [0.3, 0.4) is 0 Å².